The fraction of sp³-hybridized carbons (Fsp3) is 0.259. The van der Waals surface area contributed by atoms with Gasteiger partial charge in [0.25, 0.3) is 0 Å². The Kier molecular flexibility index (Phi) is 6.16. The second-order valence-corrected chi connectivity index (χ2v) is 8.41. The fourth-order valence-corrected chi connectivity index (χ4v) is 4.53. The van der Waals surface area contributed by atoms with Gasteiger partial charge in [0.1, 0.15) is 18.2 Å². The molecule has 174 valence electrons. The third kappa shape index (κ3) is 4.46. The van der Waals surface area contributed by atoms with E-state index in [1.165, 1.54) is 12.1 Å². The van der Waals surface area contributed by atoms with Gasteiger partial charge in [0, 0.05) is 25.4 Å². The predicted octanol–water partition coefficient (Wildman–Crippen LogP) is 4.78. The molecule has 1 fully saturated rings. The minimum absolute atomic E-state index is 0.0217. The first-order chi connectivity index (χ1) is 16.6. The average Bonchev–Trinajstić information content (AvgIpc) is 3.41. The third-order valence-corrected chi connectivity index (χ3v) is 6.19. The van der Waals surface area contributed by atoms with Crippen LogP contribution in [0, 0.1) is 5.82 Å². The minimum atomic E-state index is -0.279. The fourth-order valence-electron chi connectivity index (χ4n) is 4.53. The average molecular weight is 460 g/mol. The quantitative estimate of drug-likeness (QED) is 0.381. The summed E-state index contributed by atoms with van der Waals surface area (Å²) >= 11 is 0. The van der Waals surface area contributed by atoms with Crippen molar-refractivity contribution >= 4 is 16.9 Å². The van der Waals surface area contributed by atoms with Gasteiger partial charge >= 0.3 is 0 Å². The van der Waals surface area contributed by atoms with Crippen LogP contribution >= 0.6 is 0 Å². The van der Waals surface area contributed by atoms with Gasteiger partial charge in [-0.25, -0.2) is 9.37 Å². The summed E-state index contributed by atoms with van der Waals surface area (Å²) in [6.07, 6.45) is 0.401. The molecule has 3 aromatic carbocycles. The molecule has 4 aromatic rings. The molecule has 1 atom stereocenters. The van der Waals surface area contributed by atoms with Crippen molar-refractivity contribution in [2.45, 2.75) is 25.4 Å². The minimum Gasteiger partial charge on any atom is -0.493 e. The van der Waals surface area contributed by atoms with Gasteiger partial charge in [-0.3, -0.25) is 4.79 Å². The van der Waals surface area contributed by atoms with E-state index in [9.17, 15) is 9.18 Å². The maximum Gasteiger partial charge on any atom is 0.223 e. The van der Waals surface area contributed by atoms with Crippen molar-refractivity contribution in [3.05, 3.63) is 90.0 Å². The molecule has 1 aliphatic heterocycles. The lowest BCUT2D eigenvalue weighted by atomic mass is 10.1. The summed E-state index contributed by atoms with van der Waals surface area (Å²) in [4.78, 5) is 19.5. The summed E-state index contributed by atoms with van der Waals surface area (Å²) in [7, 11) is 1.62. The van der Waals surface area contributed by atoms with Crippen molar-refractivity contribution < 1.29 is 18.7 Å². The van der Waals surface area contributed by atoms with Crippen molar-refractivity contribution in [1.29, 1.82) is 0 Å². The molecule has 0 saturated carbocycles. The Labute approximate surface area is 197 Å². The van der Waals surface area contributed by atoms with Crippen LogP contribution in [0.15, 0.2) is 72.8 Å². The molecule has 34 heavy (non-hydrogen) atoms. The lowest BCUT2D eigenvalue weighted by Crippen LogP contribution is -2.24. The highest BCUT2D eigenvalue weighted by Gasteiger charge is 2.34. The second-order valence-electron chi connectivity index (χ2n) is 8.41. The summed E-state index contributed by atoms with van der Waals surface area (Å²) in [5, 5.41) is 0. The zero-order chi connectivity index (χ0) is 23.5. The van der Waals surface area contributed by atoms with Crippen LogP contribution in [-0.4, -0.2) is 40.6 Å². The first-order valence-corrected chi connectivity index (χ1v) is 11.4. The van der Waals surface area contributed by atoms with Gasteiger partial charge < -0.3 is 18.9 Å². The van der Waals surface area contributed by atoms with Gasteiger partial charge in [-0.15, -0.1) is 0 Å². The van der Waals surface area contributed by atoms with Gasteiger partial charge in [-0.05, 0) is 42.0 Å². The largest absolute Gasteiger partial charge is 0.493 e. The normalized spacial score (nSPS) is 15.8. The van der Waals surface area contributed by atoms with Crippen LogP contribution in [-0.2, 0) is 17.9 Å². The van der Waals surface area contributed by atoms with Crippen molar-refractivity contribution in [2.24, 2.45) is 0 Å². The molecule has 0 unspecified atom stereocenters. The number of carbonyl (C=O) groups excluding carboxylic acids is 1. The highest BCUT2D eigenvalue weighted by Crippen LogP contribution is 2.32. The molecule has 5 rings (SSSR count). The van der Waals surface area contributed by atoms with E-state index < -0.39 is 0 Å². The number of fused-ring (bicyclic) bond motifs is 1. The lowest BCUT2D eigenvalue weighted by Gasteiger charge is -2.18. The molecule has 0 aliphatic carbocycles. The molecular weight excluding hydrogens is 433 g/mol. The summed E-state index contributed by atoms with van der Waals surface area (Å²) in [6.45, 7) is 2.07. The van der Waals surface area contributed by atoms with E-state index in [4.69, 9.17) is 14.5 Å². The number of methoxy groups -OCH3 is 1. The summed E-state index contributed by atoms with van der Waals surface area (Å²) in [6, 6.07) is 21.9. The summed E-state index contributed by atoms with van der Waals surface area (Å²) < 4.78 is 26.8. The Hall–Kier alpha value is -3.87. The summed E-state index contributed by atoms with van der Waals surface area (Å²) in [5.41, 5.74) is 2.83. The Morgan fingerprint density at radius 1 is 1.00 bits per heavy atom. The number of imidazole rings is 1. The topological polar surface area (TPSA) is 56.6 Å². The molecule has 7 heteroatoms. The number of hydrogen-bond acceptors (Lipinski definition) is 4. The van der Waals surface area contributed by atoms with Crippen LogP contribution in [0.2, 0.25) is 0 Å². The Morgan fingerprint density at radius 2 is 1.74 bits per heavy atom. The van der Waals surface area contributed by atoms with Crippen LogP contribution in [0.25, 0.3) is 11.0 Å². The Balaban J connectivity index is 1.35. The number of halogens is 1. The number of likely N-dealkylation sites (tertiary alicyclic amines) is 1. The molecule has 1 aliphatic rings. The van der Waals surface area contributed by atoms with Crippen LogP contribution < -0.4 is 9.47 Å². The maximum absolute atomic E-state index is 13.2. The third-order valence-electron chi connectivity index (χ3n) is 6.19. The maximum atomic E-state index is 13.2. The van der Waals surface area contributed by atoms with Crippen LogP contribution in [0.4, 0.5) is 4.39 Å². The Morgan fingerprint density at radius 3 is 2.53 bits per heavy atom. The SMILES string of the molecule is COc1ccccc1OCCn1c([C@@H]2CC(=O)N(Cc3ccc(F)cc3)C2)nc2ccccc21. The van der Waals surface area contributed by atoms with Gasteiger partial charge in [0.15, 0.2) is 11.5 Å². The second kappa shape index (κ2) is 9.55. The molecule has 6 nitrogen and oxygen atoms in total. The van der Waals surface area contributed by atoms with Crippen molar-refractivity contribution in [2.75, 3.05) is 20.3 Å². The van der Waals surface area contributed by atoms with Gasteiger partial charge in [-0.1, -0.05) is 36.4 Å². The van der Waals surface area contributed by atoms with Crippen LogP contribution in [0.5, 0.6) is 11.5 Å². The monoisotopic (exact) mass is 459 g/mol. The Bertz CT molecular complexity index is 1300. The van der Waals surface area contributed by atoms with E-state index in [0.717, 1.165) is 22.4 Å². The number of carbonyl (C=O) groups is 1. The molecule has 1 amide bonds. The number of aromatic nitrogens is 2. The molecule has 1 aromatic heterocycles. The number of amides is 1. The van der Waals surface area contributed by atoms with Crippen molar-refractivity contribution in [3.8, 4) is 11.5 Å². The van der Waals surface area contributed by atoms with Gasteiger partial charge in [0.2, 0.25) is 5.91 Å². The molecular formula is C27H26FN3O3. The highest BCUT2D eigenvalue weighted by atomic mass is 19.1. The number of ether oxygens (including phenoxy) is 2. The molecule has 0 spiro atoms. The number of benzene rings is 3. The van der Waals surface area contributed by atoms with Crippen molar-refractivity contribution in [1.82, 2.24) is 14.5 Å². The van der Waals surface area contributed by atoms with Crippen LogP contribution in [0.3, 0.4) is 0 Å². The van der Waals surface area contributed by atoms with Gasteiger partial charge in [-0.2, -0.15) is 0 Å². The van der Waals surface area contributed by atoms with Crippen molar-refractivity contribution in [3.63, 3.8) is 0 Å². The highest BCUT2D eigenvalue weighted by molar-refractivity contribution is 5.81. The molecule has 0 radical (unpaired) electrons. The van der Waals surface area contributed by atoms with E-state index in [2.05, 4.69) is 4.57 Å². The van der Waals surface area contributed by atoms with E-state index in [1.54, 1.807) is 19.2 Å². The molecule has 0 bridgehead atoms. The number of hydrogen-bond donors (Lipinski definition) is 0. The first kappa shape index (κ1) is 21.9. The lowest BCUT2D eigenvalue weighted by molar-refractivity contribution is -0.128. The number of nitrogens with zero attached hydrogens (tertiary/aromatic N) is 3. The molecule has 0 N–H and O–H groups in total. The smallest absolute Gasteiger partial charge is 0.223 e. The predicted molar refractivity (Wildman–Crippen MR) is 127 cm³/mol. The number of rotatable bonds is 8. The van der Waals surface area contributed by atoms with E-state index in [1.807, 2.05) is 53.4 Å². The first-order valence-electron chi connectivity index (χ1n) is 11.4. The zero-order valence-corrected chi connectivity index (χ0v) is 19.0. The van der Waals surface area contributed by atoms with Crippen LogP contribution in [0.1, 0.15) is 23.7 Å². The molecule has 2 heterocycles. The van der Waals surface area contributed by atoms with E-state index >= 15 is 0 Å². The van der Waals surface area contributed by atoms with E-state index in [0.29, 0.717) is 44.2 Å². The zero-order valence-electron chi connectivity index (χ0n) is 19.0. The molecule has 1 saturated heterocycles. The number of para-hydroxylation sites is 4. The van der Waals surface area contributed by atoms with E-state index in [-0.39, 0.29) is 17.6 Å². The standard InChI is InChI=1S/C27H26FN3O3/c1-33-24-8-4-5-9-25(24)34-15-14-31-23-7-3-2-6-22(23)29-27(31)20-16-26(32)30(18-20)17-19-10-12-21(28)13-11-19/h2-13,20H,14-18H2,1H3/t20-/m1/s1. The van der Waals surface area contributed by atoms with Gasteiger partial charge in [0.05, 0.1) is 24.7 Å². The summed E-state index contributed by atoms with van der Waals surface area (Å²) in [5.74, 6) is 2.05.